The molecule has 4 atom stereocenters. The van der Waals surface area contributed by atoms with Crippen molar-refractivity contribution in [2.24, 2.45) is 11.8 Å². The van der Waals surface area contributed by atoms with Gasteiger partial charge in [-0.25, -0.2) is 4.90 Å². The van der Waals surface area contributed by atoms with Gasteiger partial charge in [0.1, 0.15) is 0 Å². The number of para-hydroxylation sites is 1. The third-order valence-corrected chi connectivity index (χ3v) is 7.01. The number of imide groups is 1. The van der Waals surface area contributed by atoms with Gasteiger partial charge in [-0.1, -0.05) is 50.1 Å². The predicted octanol–water partition coefficient (Wildman–Crippen LogP) is 1.48. The largest absolute Gasteiger partial charge is 0.545 e. The molecule has 0 unspecified atom stereocenters. The monoisotopic (exact) mass is 428 g/mol. The first-order valence-electron chi connectivity index (χ1n) is 6.88. The van der Waals surface area contributed by atoms with E-state index >= 15 is 0 Å². The highest BCUT2D eigenvalue weighted by Crippen LogP contribution is 2.44. The molecule has 2 amide bonds. The third-order valence-electron chi connectivity index (χ3n) is 4.28. The lowest BCUT2D eigenvalue weighted by atomic mass is 9.81. The number of carboxylic acid groups (broad SMARTS) is 1. The van der Waals surface area contributed by atoms with Gasteiger partial charge in [-0.05, 0) is 18.9 Å². The Kier molecular flexibility index (Phi) is 4.11. The van der Waals surface area contributed by atoms with Gasteiger partial charge in [0.05, 0.1) is 23.5 Å². The number of benzene rings is 1. The molecule has 22 heavy (non-hydrogen) atoms. The van der Waals surface area contributed by atoms with Crippen molar-refractivity contribution in [3.05, 3.63) is 29.8 Å². The second-order valence-corrected chi connectivity index (χ2v) is 7.89. The fraction of sp³-hybridized carbons (Fsp3) is 0.400. The van der Waals surface area contributed by atoms with Crippen LogP contribution in [0.3, 0.4) is 0 Å². The van der Waals surface area contributed by atoms with Gasteiger partial charge in [0, 0.05) is 15.2 Å². The zero-order valence-corrected chi connectivity index (χ0v) is 14.5. The minimum absolute atomic E-state index is 0.101. The first-order valence-corrected chi connectivity index (χ1v) is 8.71. The Labute approximate surface area is 143 Å². The second kappa shape index (κ2) is 5.77. The number of carboxylic acids is 1. The number of aromatic carboxylic acids is 1. The average Bonchev–Trinajstić information content (AvgIpc) is 2.71. The molecule has 0 aromatic heterocycles. The van der Waals surface area contributed by atoms with Crippen LogP contribution in [-0.2, 0) is 9.59 Å². The van der Waals surface area contributed by atoms with E-state index in [0.717, 1.165) is 4.90 Å². The van der Waals surface area contributed by atoms with E-state index in [-0.39, 0.29) is 32.7 Å². The standard InChI is InChI=1S/C15H13Br2NO4/c16-10-5-8-9(6-11(10)17)14(20)18(13(8)19)12-4-2-1-3-7(12)15(21)22/h1-4,8-11H,5-6H2,(H,21,22)/p-1/t8-,9-,10-,11+/m0/s1. The number of alkyl halides is 2. The summed E-state index contributed by atoms with van der Waals surface area (Å²) in [6, 6.07) is 5.95. The lowest BCUT2D eigenvalue weighted by Crippen LogP contribution is -2.34. The molecule has 116 valence electrons. The van der Waals surface area contributed by atoms with Crippen molar-refractivity contribution >= 4 is 55.3 Å². The maximum Gasteiger partial charge on any atom is 0.237 e. The van der Waals surface area contributed by atoms with Crippen molar-refractivity contribution in [1.82, 2.24) is 0 Å². The molecule has 0 bridgehead atoms. The summed E-state index contributed by atoms with van der Waals surface area (Å²) in [5.74, 6) is -2.86. The van der Waals surface area contributed by atoms with Gasteiger partial charge < -0.3 is 9.90 Å². The van der Waals surface area contributed by atoms with E-state index in [2.05, 4.69) is 31.9 Å². The Morgan fingerprint density at radius 3 is 2.05 bits per heavy atom. The number of hydrogen-bond acceptors (Lipinski definition) is 4. The van der Waals surface area contributed by atoms with Crippen LogP contribution >= 0.6 is 31.9 Å². The first kappa shape index (κ1) is 15.7. The fourth-order valence-corrected chi connectivity index (χ4v) is 4.41. The molecule has 0 N–H and O–H groups in total. The topological polar surface area (TPSA) is 77.5 Å². The summed E-state index contributed by atoms with van der Waals surface area (Å²) in [5, 5.41) is 11.2. The van der Waals surface area contributed by atoms with Gasteiger partial charge >= 0.3 is 0 Å². The Morgan fingerprint density at radius 2 is 1.55 bits per heavy atom. The van der Waals surface area contributed by atoms with Crippen LogP contribution in [0.15, 0.2) is 24.3 Å². The molecule has 5 nitrogen and oxygen atoms in total. The van der Waals surface area contributed by atoms with Crippen LogP contribution in [0, 0.1) is 11.8 Å². The number of hydrogen-bond donors (Lipinski definition) is 0. The number of amides is 2. The molecule has 1 aromatic carbocycles. The summed E-state index contributed by atoms with van der Waals surface area (Å²) in [4.78, 5) is 37.7. The highest BCUT2D eigenvalue weighted by Gasteiger charge is 2.52. The summed E-state index contributed by atoms with van der Waals surface area (Å²) in [6.45, 7) is 0. The maximum atomic E-state index is 12.6. The number of nitrogens with zero attached hydrogens (tertiary/aromatic N) is 1. The van der Waals surface area contributed by atoms with E-state index in [4.69, 9.17) is 0 Å². The van der Waals surface area contributed by atoms with Crippen LogP contribution in [0.1, 0.15) is 23.2 Å². The van der Waals surface area contributed by atoms with Crippen LogP contribution in [0.25, 0.3) is 0 Å². The van der Waals surface area contributed by atoms with E-state index in [1.54, 1.807) is 6.07 Å². The molecular weight excluding hydrogens is 418 g/mol. The van der Waals surface area contributed by atoms with E-state index in [1.807, 2.05) is 0 Å². The van der Waals surface area contributed by atoms with Crippen LogP contribution < -0.4 is 10.0 Å². The number of halogens is 2. The van der Waals surface area contributed by atoms with Gasteiger partial charge in [0.25, 0.3) is 0 Å². The highest BCUT2D eigenvalue weighted by molar-refractivity contribution is 9.12. The van der Waals surface area contributed by atoms with Crippen molar-refractivity contribution in [2.45, 2.75) is 22.5 Å². The van der Waals surface area contributed by atoms with Crippen LogP contribution in [0.5, 0.6) is 0 Å². The molecule has 3 rings (SSSR count). The molecule has 2 aliphatic rings. The Balaban J connectivity index is 2.01. The first-order chi connectivity index (χ1) is 10.4. The summed E-state index contributed by atoms with van der Waals surface area (Å²) < 4.78 is 0. The molecule has 2 fully saturated rings. The number of fused-ring (bicyclic) bond motifs is 1. The molecule has 1 saturated carbocycles. The molecule has 1 aliphatic heterocycles. The number of rotatable bonds is 2. The molecular formula is C15H12Br2NO4-. The van der Waals surface area contributed by atoms with Crippen LogP contribution in [-0.4, -0.2) is 27.4 Å². The molecule has 0 radical (unpaired) electrons. The van der Waals surface area contributed by atoms with Gasteiger partial charge in [-0.2, -0.15) is 0 Å². The molecule has 1 saturated heterocycles. The average molecular weight is 430 g/mol. The number of carbonyl (C=O) groups is 3. The van der Waals surface area contributed by atoms with Gasteiger partial charge in [-0.3, -0.25) is 9.59 Å². The van der Waals surface area contributed by atoms with E-state index < -0.39 is 17.8 Å². The summed E-state index contributed by atoms with van der Waals surface area (Å²) in [5.41, 5.74) is -0.0437. The van der Waals surface area contributed by atoms with Gasteiger partial charge in [0.15, 0.2) is 0 Å². The van der Waals surface area contributed by atoms with Crippen LogP contribution in [0.2, 0.25) is 0 Å². The van der Waals surface area contributed by atoms with Crippen molar-refractivity contribution < 1.29 is 19.5 Å². The predicted molar refractivity (Wildman–Crippen MR) is 84.9 cm³/mol. The van der Waals surface area contributed by atoms with Crippen molar-refractivity contribution in [3.8, 4) is 0 Å². The molecule has 1 heterocycles. The quantitative estimate of drug-likeness (QED) is 0.527. The Morgan fingerprint density at radius 1 is 1.05 bits per heavy atom. The van der Waals surface area contributed by atoms with E-state index in [1.165, 1.54) is 18.2 Å². The smallest absolute Gasteiger partial charge is 0.237 e. The fourth-order valence-electron chi connectivity index (χ4n) is 3.17. The lowest BCUT2D eigenvalue weighted by Gasteiger charge is -2.29. The molecule has 1 aliphatic carbocycles. The number of anilines is 1. The van der Waals surface area contributed by atoms with E-state index in [9.17, 15) is 19.5 Å². The Bertz CT molecular complexity index is 635. The minimum atomic E-state index is -1.40. The summed E-state index contributed by atoms with van der Waals surface area (Å²) in [6.07, 6.45) is 1.10. The molecule has 0 spiro atoms. The van der Waals surface area contributed by atoms with E-state index in [0.29, 0.717) is 12.8 Å². The highest BCUT2D eigenvalue weighted by atomic mass is 79.9. The summed E-state index contributed by atoms with van der Waals surface area (Å²) in [7, 11) is 0. The molecule has 1 aromatic rings. The van der Waals surface area contributed by atoms with Crippen LogP contribution in [0.4, 0.5) is 5.69 Å². The van der Waals surface area contributed by atoms with Gasteiger partial charge in [-0.15, -0.1) is 0 Å². The summed E-state index contributed by atoms with van der Waals surface area (Å²) >= 11 is 7.04. The number of carbonyl (C=O) groups excluding carboxylic acids is 3. The zero-order chi connectivity index (χ0) is 16.0. The SMILES string of the molecule is O=C([O-])c1ccccc1N1C(=O)[C@H]2C[C@@H](Br)[C@@H](Br)C[C@@H]2C1=O. The van der Waals surface area contributed by atoms with Crippen molar-refractivity contribution in [1.29, 1.82) is 0 Å². The normalized spacial score (nSPS) is 31.3. The lowest BCUT2D eigenvalue weighted by molar-refractivity contribution is -0.254. The Hall–Kier alpha value is -1.21. The second-order valence-electron chi connectivity index (χ2n) is 5.53. The zero-order valence-electron chi connectivity index (χ0n) is 11.4. The van der Waals surface area contributed by atoms with Crippen molar-refractivity contribution in [3.63, 3.8) is 0 Å². The van der Waals surface area contributed by atoms with Crippen molar-refractivity contribution in [2.75, 3.05) is 4.90 Å². The molecule has 7 heteroatoms. The minimum Gasteiger partial charge on any atom is -0.545 e. The maximum absolute atomic E-state index is 12.6. The third kappa shape index (κ3) is 2.40. The van der Waals surface area contributed by atoms with Gasteiger partial charge in [0.2, 0.25) is 11.8 Å².